The van der Waals surface area contributed by atoms with Crippen LogP contribution in [0.4, 0.5) is 0 Å². The minimum Gasteiger partial charge on any atom is -0.482 e. The maximum atomic E-state index is 13.7. The molecule has 0 radical (unpaired) electrons. The van der Waals surface area contributed by atoms with E-state index in [0.717, 1.165) is 18.4 Å². The van der Waals surface area contributed by atoms with Gasteiger partial charge < -0.3 is 23.7 Å². The maximum absolute atomic E-state index is 13.7. The van der Waals surface area contributed by atoms with Crippen LogP contribution in [0.15, 0.2) is 70.6 Å². The average molecular weight is 628 g/mol. The summed E-state index contributed by atoms with van der Waals surface area (Å²) in [4.78, 5) is 43.5. The Morgan fingerprint density at radius 2 is 1.91 bits per heavy atom. The van der Waals surface area contributed by atoms with Crippen molar-refractivity contribution >= 4 is 18.0 Å². The standard InChI is InChI=1S/C37H41NO8/c1-7-23-10-12-24(13-11-23)33(41)45-29-18-28-35(4,15-14-21(2)36(28,5)20-43-22(3)39)32-31(40)30-27(46-37(29,32)6)17-26(44-34(30)42)25-9-8-16-38-19-25/h7-13,16-17,19,21,28-29,31-32,40H,1,14-15,18,20H2,2-6H3/t21-,28?,29-,31-,32?,35-,36+,37+/m0/s1. The van der Waals surface area contributed by atoms with Crippen molar-refractivity contribution in [1.82, 2.24) is 4.98 Å². The molecule has 46 heavy (non-hydrogen) atoms. The molecule has 9 heteroatoms. The Balaban J connectivity index is 1.48. The molecular weight excluding hydrogens is 586 g/mol. The summed E-state index contributed by atoms with van der Waals surface area (Å²) in [5.41, 5.74) is -1.15. The van der Waals surface area contributed by atoms with Crippen LogP contribution in [0.5, 0.6) is 5.75 Å². The smallest absolute Gasteiger partial charge is 0.345 e. The molecule has 6 rings (SSSR count). The molecule has 0 spiro atoms. The molecule has 1 N–H and O–H groups in total. The van der Waals surface area contributed by atoms with Crippen molar-refractivity contribution in [2.45, 2.75) is 71.7 Å². The minimum absolute atomic E-state index is 0.0439. The van der Waals surface area contributed by atoms with E-state index in [1.54, 1.807) is 60.9 Å². The Bertz CT molecular complexity index is 1720. The van der Waals surface area contributed by atoms with Crippen LogP contribution in [0.2, 0.25) is 0 Å². The van der Waals surface area contributed by atoms with E-state index in [0.29, 0.717) is 17.5 Å². The van der Waals surface area contributed by atoms with Crippen molar-refractivity contribution in [2.75, 3.05) is 6.61 Å². The summed E-state index contributed by atoms with van der Waals surface area (Å²) < 4.78 is 24.5. The van der Waals surface area contributed by atoms with Gasteiger partial charge in [0, 0.05) is 42.3 Å². The van der Waals surface area contributed by atoms with Crippen LogP contribution in [-0.2, 0) is 14.3 Å². The first kappa shape index (κ1) is 31.7. The van der Waals surface area contributed by atoms with E-state index < -0.39 is 46.2 Å². The third-order valence-electron chi connectivity index (χ3n) is 11.3. The fourth-order valence-corrected chi connectivity index (χ4v) is 8.65. The van der Waals surface area contributed by atoms with Gasteiger partial charge in [-0.05, 0) is 73.3 Å². The highest BCUT2D eigenvalue weighted by Gasteiger charge is 2.70. The summed E-state index contributed by atoms with van der Waals surface area (Å²) >= 11 is 0. The third kappa shape index (κ3) is 5.05. The van der Waals surface area contributed by atoms with E-state index in [9.17, 15) is 19.5 Å². The van der Waals surface area contributed by atoms with Gasteiger partial charge in [0.1, 0.15) is 28.8 Å². The number of carbonyl (C=O) groups is 2. The number of ether oxygens (including phenoxy) is 3. The Hall–Kier alpha value is -4.24. The zero-order valence-corrected chi connectivity index (χ0v) is 26.9. The van der Waals surface area contributed by atoms with Crippen molar-refractivity contribution in [1.29, 1.82) is 0 Å². The van der Waals surface area contributed by atoms with Crippen LogP contribution < -0.4 is 10.4 Å². The molecule has 2 fully saturated rings. The van der Waals surface area contributed by atoms with Crippen LogP contribution >= 0.6 is 0 Å². The maximum Gasteiger partial charge on any atom is 0.345 e. The van der Waals surface area contributed by atoms with Crippen LogP contribution in [0.1, 0.15) is 81.5 Å². The van der Waals surface area contributed by atoms with Gasteiger partial charge in [0.05, 0.1) is 18.3 Å². The molecule has 2 saturated carbocycles. The number of nitrogens with zero attached hydrogens (tertiary/aromatic N) is 1. The predicted octanol–water partition coefficient (Wildman–Crippen LogP) is 6.40. The van der Waals surface area contributed by atoms with Gasteiger partial charge in [-0.15, -0.1) is 0 Å². The molecule has 3 aromatic rings. The number of hydrogen-bond acceptors (Lipinski definition) is 9. The molecule has 0 amide bonds. The van der Waals surface area contributed by atoms with E-state index in [4.69, 9.17) is 18.6 Å². The first-order valence-electron chi connectivity index (χ1n) is 15.8. The second kappa shape index (κ2) is 11.5. The van der Waals surface area contributed by atoms with Crippen molar-refractivity contribution in [3.05, 3.63) is 88.5 Å². The second-order valence-electron chi connectivity index (χ2n) is 13.9. The summed E-state index contributed by atoms with van der Waals surface area (Å²) in [6, 6.07) is 12.1. The molecule has 2 aliphatic carbocycles. The molecule has 242 valence electrons. The predicted molar refractivity (Wildman–Crippen MR) is 171 cm³/mol. The van der Waals surface area contributed by atoms with Crippen molar-refractivity contribution < 1.29 is 33.3 Å². The summed E-state index contributed by atoms with van der Waals surface area (Å²) in [6.07, 6.45) is 4.74. The monoisotopic (exact) mass is 627 g/mol. The summed E-state index contributed by atoms with van der Waals surface area (Å²) in [6.45, 7) is 13.6. The van der Waals surface area contributed by atoms with E-state index in [1.807, 2.05) is 6.92 Å². The lowest BCUT2D eigenvalue weighted by molar-refractivity contribution is -0.257. The molecule has 8 atom stereocenters. The molecule has 2 unspecified atom stereocenters. The fourth-order valence-electron chi connectivity index (χ4n) is 8.65. The molecule has 3 aliphatic rings. The van der Waals surface area contributed by atoms with Crippen LogP contribution in [0.3, 0.4) is 0 Å². The van der Waals surface area contributed by atoms with Gasteiger partial charge >= 0.3 is 17.6 Å². The number of carbonyl (C=O) groups excluding carboxylic acids is 2. The molecular formula is C37H41NO8. The molecule has 9 nitrogen and oxygen atoms in total. The summed E-state index contributed by atoms with van der Waals surface area (Å²) in [7, 11) is 0. The van der Waals surface area contributed by atoms with Gasteiger partial charge in [-0.3, -0.25) is 9.78 Å². The number of pyridine rings is 1. The van der Waals surface area contributed by atoms with Crippen molar-refractivity contribution in [3.63, 3.8) is 0 Å². The molecule has 0 bridgehead atoms. The zero-order chi connectivity index (χ0) is 33.0. The lowest BCUT2D eigenvalue weighted by atomic mass is 9.41. The van der Waals surface area contributed by atoms with E-state index in [1.165, 1.54) is 6.92 Å². The summed E-state index contributed by atoms with van der Waals surface area (Å²) in [5, 5.41) is 12.3. The van der Waals surface area contributed by atoms with Gasteiger partial charge in [-0.1, -0.05) is 45.6 Å². The number of fused-ring (bicyclic) bond motifs is 4. The fraction of sp³-hybridized carbons (Fsp3) is 0.459. The molecule has 2 aromatic heterocycles. The topological polar surface area (TPSA) is 125 Å². The Labute approximate surface area is 268 Å². The second-order valence-corrected chi connectivity index (χ2v) is 13.9. The minimum atomic E-state index is -1.28. The SMILES string of the molecule is C=Cc1ccc(C(=O)O[C@H]2CC3[C@](C)(CC[C@H](C)[C@@]3(C)COC(C)=O)C3[C@@H](O)c4c(cc(-c5cccnc5)oc4=O)O[C@@]32C)cc1. The average Bonchev–Trinajstić information content (AvgIpc) is 3.03. The van der Waals surface area contributed by atoms with E-state index in [2.05, 4.69) is 32.3 Å². The molecule has 0 saturated heterocycles. The molecule has 1 aliphatic heterocycles. The molecule has 3 heterocycles. The summed E-state index contributed by atoms with van der Waals surface area (Å²) in [5.74, 6) is -1.12. The van der Waals surface area contributed by atoms with Gasteiger partial charge in [-0.2, -0.15) is 0 Å². The highest BCUT2D eigenvalue weighted by Crippen LogP contribution is 2.68. The van der Waals surface area contributed by atoms with Crippen LogP contribution in [0, 0.1) is 28.6 Å². The lowest BCUT2D eigenvalue weighted by Crippen LogP contribution is -2.70. The van der Waals surface area contributed by atoms with Gasteiger partial charge in [0.25, 0.3) is 0 Å². The highest BCUT2D eigenvalue weighted by atomic mass is 16.6. The third-order valence-corrected chi connectivity index (χ3v) is 11.3. The Morgan fingerprint density at radius 3 is 2.57 bits per heavy atom. The Morgan fingerprint density at radius 1 is 1.17 bits per heavy atom. The van der Waals surface area contributed by atoms with Gasteiger partial charge in [-0.25, -0.2) is 9.59 Å². The van der Waals surface area contributed by atoms with Crippen molar-refractivity contribution in [2.24, 2.45) is 28.6 Å². The number of esters is 2. The van der Waals surface area contributed by atoms with Crippen LogP contribution in [-0.4, -0.2) is 40.3 Å². The van der Waals surface area contributed by atoms with Crippen molar-refractivity contribution in [3.8, 4) is 17.1 Å². The quantitative estimate of drug-likeness (QED) is 0.309. The lowest BCUT2D eigenvalue weighted by Gasteiger charge is -2.66. The molecule has 1 aromatic carbocycles. The normalized spacial score (nSPS) is 33.0. The largest absolute Gasteiger partial charge is 0.482 e. The van der Waals surface area contributed by atoms with Crippen LogP contribution in [0.25, 0.3) is 17.4 Å². The number of aromatic nitrogens is 1. The van der Waals surface area contributed by atoms with Gasteiger partial charge in [0.15, 0.2) is 0 Å². The number of benzene rings is 1. The zero-order valence-electron chi connectivity index (χ0n) is 26.9. The Kier molecular flexibility index (Phi) is 7.95. The highest BCUT2D eigenvalue weighted by molar-refractivity contribution is 5.89. The number of aliphatic hydroxyl groups excluding tert-OH is 1. The van der Waals surface area contributed by atoms with E-state index >= 15 is 0 Å². The van der Waals surface area contributed by atoms with E-state index in [-0.39, 0.29) is 41.5 Å². The van der Waals surface area contributed by atoms with Gasteiger partial charge in [0.2, 0.25) is 0 Å². The number of rotatable bonds is 6. The first-order valence-corrected chi connectivity index (χ1v) is 15.8. The number of hydrogen-bond donors (Lipinski definition) is 1. The first-order chi connectivity index (χ1) is 21.8. The number of aliphatic hydroxyl groups is 1.